The summed E-state index contributed by atoms with van der Waals surface area (Å²) in [6, 6.07) is 9.53. The molecule has 2 aliphatic heterocycles. The van der Waals surface area contributed by atoms with Crippen molar-refractivity contribution in [2.24, 2.45) is 0 Å². The van der Waals surface area contributed by atoms with E-state index in [1.54, 1.807) is 4.31 Å². The Bertz CT molecular complexity index is 538. The lowest BCUT2D eigenvalue weighted by atomic mass is 10.2. The number of sulfonamides is 1. The van der Waals surface area contributed by atoms with E-state index in [9.17, 15) is 8.42 Å². The molecule has 0 N–H and O–H groups in total. The van der Waals surface area contributed by atoms with Crippen molar-refractivity contribution >= 4 is 10.0 Å². The molecule has 6 heteroatoms. The zero-order chi connectivity index (χ0) is 13.5. The van der Waals surface area contributed by atoms with E-state index in [1.807, 2.05) is 37.4 Å². The third kappa shape index (κ3) is 2.53. The number of hydrogen-bond donors (Lipinski definition) is 0. The van der Waals surface area contributed by atoms with Gasteiger partial charge in [0.15, 0.2) is 0 Å². The zero-order valence-corrected chi connectivity index (χ0v) is 11.7. The fourth-order valence-electron chi connectivity index (χ4n) is 2.39. The minimum Gasteiger partial charge on any atom is -0.346 e. The molecule has 19 heavy (non-hydrogen) atoms. The third-order valence-corrected chi connectivity index (χ3v) is 5.73. The monoisotopic (exact) mass is 282 g/mol. The summed E-state index contributed by atoms with van der Waals surface area (Å²) < 4.78 is 31.8. The molecule has 0 radical (unpaired) electrons. The Hall–Kier alpha value is -0.950. The number of piperazine rings is 1. The first kappa shape index (κ1) is 13.1. The van der Waals surface area contributed by atoms with Crippen LogP contribution in [0.5, 0.6) is 0 Å². The number of rotatable bonds is 3. The van der Waals surface area contributed by atoms with Crippen LogP contribution in [0.4, 0.5) is 0 Å². The Labute approximate surface area is 113 Å². The van der Waals surface area contributed by atoms with Gasteiger partial charge in [0.25, 0.3) is 0 Å². The molecule has 5 nitrogen and oxygen atoms in total. The molecular formula is C13H18N2O3S. The van der Waals surface area contributed by atoms with E-state index in [0.29, 0.717) is 13.1 Å². The van der Waals surface area contributed by atoms with Crippen LogP contribution < -0.4 is 0 Å². The van der Waals surface area contributed by atoms with Gasteiger partial charge in [-0.15, -0.1) is 0 Å². The highest BCUT2D eigenvalue weighted by atomic mass is 32.2. The van der Waals surface area contributed by atoms with Crippen LogP contribution in [0.3, 0.4) is 0 Å². The highest BCUT2D eigenvalue weighted by Crippen LogP contribution is 2.43. The summed E-state index contributed by atoms with van der Waals surface area (Å²) in [5.74, 6) is 0. The molecule has 2 saturated heterocycles. The largest absolute Gasteiger partial charge is 0.346 e. The Kier molecular flexibility index (Phi) is 3.34. The molecule has 3 rings (SSSR count). The molecule has 0 unspecified atom stereocenters. The summed E-state index contributed by atoms with van der Waals surface area (Å²) in [6.07, 6.45) is -0.300. The molecule has 2 aliphatic rings. The average molecular weight is 282 g/mol. The first-order chi connectivity index (χ1) is 9.09. The van der Waals surface area contributed by atoms with Gasteiger partial charge in [0.2, 0.25) is 15.5 Å². The van der Waals surface area contributed by atoms with Crippen LogP contribution in [-0.4, -0.2) is 56.3 Å². The fourth-order valence-corrected chi connectivity index (χ4v) is 4.09. The normalized spacial score (nSPS) is 29.3. The summed E-state index contributed by atoms with van der Waals surface area (Å²) in [6.45, 7) is 2.67. The third-order valence-electron chi connectivity index (χ3n) is 3.70. The highest BCUT2D eigenvalue weighted by Gasteiger charge is 2.52. The summed E-state index contributed by atoms with van der Waals surface area (Å²) in [5, 5.41) is 0. The van der Waals surface area contributed by atoms with Crippen molar-refractivity contribution < 1.29 is 13.2 Å². The predicted molar refractivity (Wildman–Crippen MR) is 72.0 cm³/mol. The molecular weight excluding hydrogens is 264 g/mol. The quantitative estimate of drug-likeness (QED) is 0.764. The SMILES string of the molecule is CN1CCN(S(=O)(=O)[C@@H]2O[C@H]2c2ccccc2)CC1. The van der Waals surface area contributed by atoms with Gasteiger partial charge in [-0.2, -0.15) is 4.31 Å². The molecule has 0 aromatic heterocycles. The van der Waals surface area contributed by atoms with Gasteiger partial charge in [-0.25, -0.2) is 8.42 Å². The van der Waals surface area contributed by atoms with E-state index in [-0.39, 0.29) is 6.10 Å². The second-order valence-corrected chi connectivity index (χ2v) is 7.09. The van der Waals surface area contributed by atoms with Crippen molar-refractivity contribution in [1.82, 2.24) is 9.21 Å². The maximum absolute atomic E-state index is 12.4. The van der Waals surface area contributed by atoms with Crippen LogP contribution >= 0.6 is 0 Å². The molecule has 0 bridgehead atoms. The van der Waals surface area contributed by atoms with Gasteiger partial charge in [0.1, 0.15) is 6.10 Å². The number of epoxide rings is 1. The van der Waals surface area contributed by atoms with Crippen molar-refractivity contribution in [2.45, 2.75) is 11.5 Å². The van der Waals surface area contributed by atoms with Gasteiger partial charge in [-0.3, -0.25) is 0 Å². The number of hydrogen-bond acceptors (Lipinski definition) is 4. The van der Waals surface area contributed by atoms with Crippen LogP contribution in [-0.2, 0) is 14.8 Å². The number of nitrogens with zero attached hydrogens (tertiary/aromatic N) is 2. The topological polar surface area (TPSA) is 53.2 Å². The molecule has 2 heterocycles. The van der Waals surface area contributed by atoms with Gasteiger partial charge < -0.3 is 9.64 Å². The molecule has 0 saturated carbocycles. The van der Waals surface area contributed by atoms with E-state index in [2.05, 4.69) is 4.90 Å². The minimum atomic E-state index is -3.33. The lowest BCUT2D eigenvalue weighted by molar-refractivity contribution is 0.220. The maximum Gasteiger partial charge on any atom is 0.244 e. The molecule has 104 valence electrons. The number of benzene rings is 1. The van der Waals surface area contributed by atoms with Crippen LogP contribution in [0.15, 0.2) is 30.3 Å². The predicted octanol–water partition coefficient (Wildman–Crippen LogP) is 0.661. The van der Waals surface area contributed by atoms with E-state index in [0.717, 1.165) is 18.7 Å². The lowest BCUT2D eigenvalue weighted by Gasteiger charge is -2.31. The van der Waals surface area contributed by atoms with E-state index >= 15 is 0 Å². The van der Waals surface area contributed by atoms with Gasteiger partial charge in [0.05, 0.1) is 0 Å². The zero-order valence-electron chi connectivity index (χ0n) is 10.9. The Balaban J connectivity index is 1.70. The van der Waals surface area contributed by atoms with Crippen LogP contribution in [0.25, 0.3) is 0 Å². The summed E-state index contributed by atoms with van der Waals surface area (Å²) in [4.78, 5) is 2.13. The first-order valence-electron chi connectivity index (χ1n) is 6.47. The molecule has 0 amide bonds. The second-order valence-electron chi connectivity index (χ2n) is 5.08. The second kappa shape index (κ2) is 4.86. The Morgan fingerprint density at radius 3 is 2.37 bits per heavy atom. The standard InChI is InChI=1S/C13H18N2O3S/c1-14-7-9-15(10-8-14)19(16,17)13-12(18-13)11-5-3-2-4-6-11/h2-6,12-13H,7-10H2,1H3/t12-,13-/m0/s1. The average Bonchev–Trinajstić information content (AvgIpc) is 3.21. The van der Waals surface area contributed by atoms with Gasteiger partial charge in [-0.05, 0) is 12.6 Å². The van der Waals surface area contributed by atoms with Gasteiger partial charge in [-0.1, -0.05) is 30.3 Å². The maximum atomic E-state index is 12.4. The number of likely N-dealkylation sites (N-methyl/N-ethyl adjacent to an activating group) is 1. The van der Waals surface area contributed by atoms with Gasteiger partial charge in [0, 0.05) is 26.2 Å². The molecule has 2 atom stereocenters. The van der Waals surface area contributed by atoms with Gasteiger partial charge >= 0.3 is 0 Å². The molecule has 1 aromatic carbocycles. The highest BCUT2D eigenvalue weighted by molar-refractivity contribution is 7.89. The minimum absolute atomic E-state index is 0.300. The molecule has 0 spiro atoms. The molecule has 2 fully saturated rings. The number of ether oxygens (including phenoxy) is 1. The fraction of sp³-hybridized carbons (Fsp3) is 0.538. The van der Waals surface area contributed by atoms with Crippen LogP contribution in [0.1, 0.15) is 11.7 Å². The van der Waals surface area contributed by atoms with Crippen LogP contribution in [0.2, 0.25) is 0 Å². The smallest absolute Gasteiger partial charge is 0.244 e. The molecule has 1 aromatic rings. The first-order valence-corrected chi connectivity index (χ1v) is 7.97. The summed E-state index contributed by atoms with van der Waals surface area (Å²) in [7, 11) is -1.32. The van der Waals surface area contributed by atoms with Crippen molar-refractivity contribution in [1.29, 1.82) is 0 Å². The Morgan fingerprint density at radius 2 is 1.74 bits per heavy atom. The molecule has 0 aliphatic carbocycles. The summed E-state index contributed by atoms with van der Waals surface area (Å²) >= 11 is 0. The van der Waals surface area contributed by atoms with Crippen LogP contribution in [0, 0.1) is 0 Å². The van der Waals surface area contributed by atoms with E-state index in [1.165, 1.54) is 0 Å². The van der Waals surface area contributed by atoms with Crippen molar-refractivity contribution in [3.05, 3.63) is 35.9 Å². The van der Waals surface area contributed by atoms with Crippen molar-refractivity contribution in [3.8, 4) is 0 Å². The van der Waals surface area contributed by atoms with E-state index in [4.69, 9.17) is 4.74 Å². The van der Waals surface area contributed by atoms with E-state index < -0.39 is 15.5 Å². The summed E-state index contributed by atoms with van der Waals surface area (Å²) in [5.41, 5.74) is 0.239. The van der Waals surface area contributed by atoms with Crippen molar-refractivity contribution in [2.75, 3.05) is 33.2 Å². The Morgan fingerprint density at radius 1 is 1.11 bits per heavy atom. The lowest BCUT2D eigenvalue weighted by Crippen LogP contribution is -2.48. The van der Waals surface area contributed by atoms with Crippen molar-refractivity contribution in [3.63, 3.8) is 0 Å².